The summed E-state index contributed by atoms with van der Waals surface area (Å²) in [6.07, 6.45) is 0. The first-order chi connectivity index (χ1) is 5.22. The van der Waals surface area contributed by atoms with Gasteiger partial charge in [-0.05, 0) is 0 Å². The zero-order chi connectivity index (χ0) is 8.01. The lowest BCUT2D eigenvalue weighted by molar-refractivity contribution is -0.137. The van der Waals surface area contributed by atoms with Crippen LogP contribution in [-0.2, 0) is 9.59 Å². The number of hydrogen-bond acceptors (Lipinski definition) is 4. The van der Waals surface area contributed by atoms with Gasteiger partial charge in [0.15, 0.2) is 6.04 Å². The number of azo groups is 1. The van der Waals surface area contributed by atoms with E-state index in [1.165, 1.54) is 7.05 Å². The molecule has 0 unspecified atom stereocenters. The fourth-order valence-electron chi connectivity index (χ4n) is 1.39. The van der Waals surface area contributed by atoms with Crippen LogP contribution in [0.15, 0.2) is 10.2 Å². The molecule has 0 aromatic heterocycles. The first kappa shape index (κ1) is 6.45. The monoisotopic (exact) mass is 153 g/mol. The van der Waals surface area contributed by atoms with Gasteiger partial charge in [-0.25, -0.2) is 0 Å². The molecule has 0 N–H and O–H groups in total. The molecule has 1 saturated heterocycles. The van der Waals surface area contributed by atoms with E-state index in [1.54, 1.807) is 0 Å². The lowest BCUT2D eigenvalue weighted by atomic mass is 10.1. The molecule has 0 spiro atoms. The minimum atomic E-state index is -0.507. The molecule has 0 radical (unpaired) electrons. The zero-order valence-corrected chi connectivity index (χ0v) is 6.02. The van der Waals surface area contributed by atoms with Crippen LogP contribution in [-0.4, -0.2) is 36.3 Å². The number of carbonyl (C=O) groups is 2. The maximum Gasteiger partial charge on any atom is 0.256 e. The Kier molecular flexibility index (Phi) is 1.10. The average molecular weight is 153 g/mol. The molecule has 0 saturated carbocycles. The van der Waals surface area contributed by atoms with Crippen molar-refractivity contribution in [3.05, 3.63) is 0 Å². The molecule has 1 fully saturated rings. The van der Waals surface area contributed by atoms with E-state index in [2.05, 4.69) is 10.2 Å². The molecular formula is C6H7N3O2. The van der Waals surface area contributed by atoms with E-state index < -0.39 is 6.04 Å². The number of imide groups is 1. The summed E-state index contributed by atoms with van der Waals surface area (Å²) in [5.74, 6) is -0.668. The van der Waals surface area contributed by atoms with Crippen molar-refractivity contribution < 1.29 is 9.59 Å². The molecule has 58 valence electrons. The highest BCUT2D eigenvalue weighted by atomic mass is 16.2. The Morgan fingerprint density at radius 2 is 2.18 bits per heavy atom. The topological polar surface area (TPSA) is 62.1 Å². The number of likely N-dealkylation sites (tertiary alicyclic amines) is 1. The third-order valence-electron chi connectivity index (χ3n) is 2.10. The summed E-state index contributed by atoms with van der Waals surface area (Å²) in [7, 11) is 1.48. The number of nitrogens with zero attached hydrogens (tertiary/aromatic N) is 3. The lowest BCUT2D eigenvalue weighted by Gasteiger charge is -2.04. The van der Waals surface area contributed by atoms with Gasteiger partial charge in [-0.15, -0.1) is 0 Å². The molecule has 2 heterocycles. The maximum absolute atomic E-state index is 11.2. The minimum Gasteiger partial charge on any atom is -0.283 e. The van der Waals surface area contributed by atoms with Crippen molar-refractivity contribution in [2.75, 3.05) is 13.6 Å². The van der Waals surface area contributed by atoms with Crippen LogP contribution in [0, 0.1) is 5.92 Å². The quantitative estimate of drug-likeness (QED) is 0.438. The molecule has 5 heteroatoms. The van der Waals surface area contributed by atoms with Crippen LogP contribution in [0.2, 0.25) is 0 Å². The van der Waals surface area contributed by atoms with Crippen LogP contribution in [0.25, 0.3) is 0 Å². The van der Waals surface area contributed by atoms with E-state index in [4.69, 9.17) is 0 Å². The summed E-state index contributed by atoms with van der Waals surface area (Å²) in [5.41, 5.74) is 0. The second-order valence-electron chi connectivity index (χ2n) is 2.73. The van der Waals surface area contributed by atoms with Gasteiger partial charge in [0.1, 0.15) is 0 Å². The first-order valence-electron chi connectivity index (χ1n) is 3.40. The highest BCUT2D eigenvalue weighted by Crippen LogP contribution is 2.26. The van der Waals surface area contributed by atoms with Gasteiger partial charge in [0.05, 0.1) is 12.5 Å². The van der Waals surface area contributed by atoms with E-state index in [-0.39, 0.29) is 17.7 Å². The molecule has 0 aliphatic carbocycles. The van der Waals surface area contributed by atoms with Crippen molar-refractivity contribution in [1.82, 2.24) is 4.90 Å². The highest BCUT2D eigenvalue weighted by Gasteiger charge is 2.48. The van der Waals surface area contributed by atoms with Gasteiger partial charge in [-0.3, -0.25) is 14.5 Å². The average Bonchev–Trinajstić information content (AvgIpc) is 2.53. The molecule has 11 heavy (non-hydrogen) atoms. The van der Waals surface area contributed by atoms with E-state index in [9.17, 15) is 9.59 Å². The van der Waals surface area contributed by atoms with Crippen molar-refractivity contribution in [3.8, 4) is 0 Å². The lowest BCUT2D eigenvalue weighted by Crippen LogP contribution is -2.27. The van der Waals surface area contributed by atoms with E-state index in [0.717, 1.165) is 4.90 Å². The van der Waals surface area contributed by atoms with Gasteiger partial charge < -0.3 is 0 Å². The zero-order valence-electron chi connectivity index (χ0n) is 6.02. The normalized spacial score (nSPS) is 35.2. The molecule has 0 aromatic rings. The van der Waals surface area contributed by atoms with Crippen LogP contribution in [0.1, 0.15) is 0 Å². The largest absolute Gasteiger partial charge is 0.283 e. The number of carbonyl (C=O) groups excluding carboxylic acids is 2. The second-order valence-corrected chi connectivity index (χ2v) is 2.73. The van der Waals surface area contributed by atoms with Gasteiger partial charge in [-0.2, -0.15) is 10.2 Å². The van der Waals surface area contributed by atoms with Crippen LogP contribution in [0.5, 0.6) is 0 Å². The highest BCUT2D eigenvalue weighted by molar-refractivity contribution is 6.07. The fourth-order valence-corrected chi connectivity index (χ4v) is 1.39. The summed E-state index contributed by atoms with van der Waals surface area (Å²) < 4.78 is 0. The van der Waals surface area contributed by atoms with Crippen molar-refractivity contribution in [2.45, 2.75) is 6.04 Å². The Hall–Kier alpha value is -1.26. The van der Waals surface area contributed by atoms with Crippen LogP contribution >= 0.6 is 0 Å². The minimum absolute atomic E-state index is 0.148. The van der Waals surface area contributed by atoms with Gasteiger partial charge in [0.25, 0.3) is 5.91 Å². The molecule has 0 aromatic carbocycles. The number of rotatable bonds is 0. The number of amides is 2. The van der Waals surface area contributed by atoms with Crippen molar-refractivity contribution >= 4 is 11.8 Å². The molecule has 5 nitrogen and oxygen atoms in total. The number of hydrogen-bond donors (Lipinski definition) is 0. The predicted octanol–water partition coefficient (Wildman–Crippen LogP) is -0.564. The Morgan fingerprint density at radius 3 is 2.82 bits per heavy atom. The summed E-state index contributed by atoms with van der Waals surface area (Å²) >= 11 is 0. The molecule has 0 bridgehead atoms. The number of likely N-dealkylation sites (N-methyl/N-ethyl adjacent to an activating group) is 1. The van der Waals surface area contributed by atoms with Gasteiger partial charge in [-0.1, -0.05) is 0 Å². The van der Waals surface area contributed by atoms with Crippen molar-refractivity contribution in [2.24, 2.45) is 16.1 Å². The molecule has 2 aliphatic heterocycles. The Bertz CT molecular complexity index is 261. The van der Waals surface area contributed by atoms with Crippen molar-refractivity contribution in [1.29, 1.82) is 0 Å². The van der Waals surface area contributed by atoms with E-state index in [1.807, 2.05) is 0 Å². The van der Waals surface area contributed by atoms with Gasteiger partial charge >= 0.3 is 0 Å². The van der Waals surface area contributed by atoms with E-state index in [0.29, 0.717) is 6.54 Å². The van der Waals surface area contributed by atoms with Crippen LogP contribution in [0.3, 0.4) is 0 Å². The predicted molar refractivity (Wildman–Crippen MR) is 34.8 cm³/mol. The summed E-state index contributed by atoms with van der Waals surface area (Å²) in [4.78, 5) is 23.5. The van der Waals surface area contributed by atoms with Crippen LogP contribution < -0.4 is 0 Å². The Labute approximate surface area is 63.1 Å². The van der Waals surface area contributed by atoms with Crippen LogP contribution in [0.4, 0.5) is 0 Å². The smallest absolute Gasteiger partial charge is 0.256 e. The molecule has 2 aliphatic rings. The third kappa shape index (κ3) is 0.649. The third-order valence-corrected chi connectivity index (χ3v) is 2.10. The Balaban J connectivity index is 2.36. The maximum atomic E-state index is 11.2. The number of fused-ring (bicyclic) bond motifs is 1. The van der Waals surface area contributed by atoms with E-state index >= 15 is 0 Å². The van der Waals surface area contributed by atoms with Gasteiger partial charge in [0.2, 0.25) is 5.91 Å². The SMILES string of the molecule is CN1C(=O)[C@@H]2CN=N[C@H]2C1=O. The summed E-state index contributed by atoms with van der Waals surface area (Å²) in [5, 5.41) is 7.35. The molecular weight excluding hydrogens is 146 g/mol. The van der Waals surface area contributed by atoms with Crippen molar-refractivity contribution in [3.63, 3.8) is 0 Å². The molecule has 2 rings (SSSR count). The van der Waals surface area contributed by atoms with Gasteiger partial charge in [0, 0.05) is 7.05 Å². The second kappa shape index (κ2) is 1.87. The fraction of sp³-hybridized carbons (Fsp3) is 0.667. The first-order valence-corrected chi connectivity index (χ1v) is 3.40. The standard InChI is InChI=1S/C6H7N3O2/c1-9-5(10)3-2-7-8-4(3)6(9)11/h3-4H,2H2,1H3/t3-,4-/m1/s1. The summed E-state index contributed by atoms with van der Waals surface area (Å²) in [6.45, 7) is 0.375. The molecule has 2 amide bonds. The summed E-state index contributed by atoms with van der Waals surface area (Å²) in [6, 6.07) is -0.507. The Morgan fingerprint density at radius 1 is 1.45 bits per heavy atom. The molecule has 2 atom stereocenters.